The number of hydrogen-bond acceptors (Lipinski definition) is 3. The van der Waals surface area contributed by atoms with Crippen LogP contribution in [0.25, 0.3) is 0 Å². The van der Waals surface area contributed by atoms with Gasteiger partial charge in [-0.2, -0.15) is 0 Å². The first kappa shape index (κ1) is 18.0. The van der Waals surface area contributed by atoms with Gasteiger partial charge in [0.2, 0.25) is 11.8 Å². The fourth-order valence-corrected chi connectivity index (χ4v) is 2.07. The Balaban J connectivity index is 2.43. The molecular weight excluding hydrogens is 280 g/mol. The molecule has 1 aromatic rings. The number of rotatable bonds is 9. The smallest absolute Gasteiger partial charge is 0.221 e. The average molecular weight is 306 g/mol. The molecule has 0 fully saturated rings. The Bertz CT molecular complexity index is 471. The maximum atomic E-state index is 11.7. The molecule has 0 radical (unpaired) electrons. The Morgan fingerprint density at radius 1 is 1.18 bits per heavy atom. The minimum absolute atomic E-state index is 0.00227. The summed E-state index contributed by atoms with van der Waals surface area (Å²) in [6, 6.07) is 7.80. The van der Waals surface area contributed by atoms with Crippen LogP contribution in [0.2, 0.25) is 0 Å². The molecule has 122 valence electrons. The lowest BCUT2D eigenvalue weighted by Gasteiger charge is -2.21. The van der Waals surface area contributed by atoms with Crippen LogP contribution in [0, 0.1) is 0 Å². The molecule has 0 aliphatic carbocycles. The van der Waals surface area contributed by atoms with Gasteiger partial charge in [-0.25, -0.2) is 0 Å². The highest BCUT2D eigenvalue weighted by atomic mass is 16.5. The lowest BCUT2D eigenvalue weighted by Crippen LogP contribution is -2.35. The maximum absolute atomic E-state index is 11.7. The standard InChI is InChI=1S/C17H26N2O3/c1-4-11-18-17(21)10-13-19(14(2)20)12-9-15-5-7-16(22-3)8-6-15/h5-8H,4,9-13H2,1-3H3,(H,18,21). The Hall–Kier alpha value is -2.04. The lowest BCUT2D eigenvalue weighted by atomic mass is 10.1. The van der Waals surface area contributed by atoms with Gasteiger partial charge in [-0.05, 0) is 30.5 Å². The normalized spacial score (nSPS) is 10.1. The van der Waals surface area contributed by atoms with Gasteiger partial charge in [0.1, 0.15) is 5.75 Å². The predicted octanol–water partition coefficient (Wildman–Crippen LogP) is 2.00. The number of ether oxygens (including phenoxy) is 1. The van der Waals surface area contributed by atoms with Crippen molar-refractivity contribution in [1.82, 2.24) is 10.2 Å². The molecule has 0 bridgehead atoms. The number of carbonyl (C=O) groups is 2. The van der Waals surface area contributed by atoms with E-state index in [4.69, 9.17) is 4.74 Å². The van der Waals surface area contributed by atoms with Crippen molar-refractivity contribution in [3.63, 3.8) is 0 Å². The minimum Gasteiger partial charge on any atom is -0.497 e. The third-order valence-electron chi connectivity index (χ3n) is 3.46. The highest BCUT2D eigenvalue weighted by Crippen LogP contribution is 2.12. The zero-order valence-corrected chi connectivity index (χ0v) is 13.7. The van der Waals surface area contributed by atoms with Crippen LogP contribution >= 0.6 is 0 Å². The average Bonchev–Trinajstić information content (AvgIpc) is 2.53. The monoisotopic (exact) mass is 306 g/mol. The highest BCUT2D eigenvalue weighted by Gasteiger charge is 2.11. The van der Waals surface area contributed by atoms with Crippen LogP contribution < -0.4 is 10.1 Å². The zero-order valence-electron chi connectivity index (χ0n) is 13.7. The molecule has 0 saturated carbocycles. The van der Waals surface area contributed by atoms with Gasteiger partial charge in [0.15, 0.2) is 0 Å². The van der Waals surface area contributed by atoms with Gasteiger partial charge in [0.25, 0.3) is 0 Å². The van der Waals surface area contributed by atoms with Gasteiger partial charge >= 0.3 is 0 Å². The molecule has 0 saturated heterocycles. The molecule has 0 aliphatic heterocycles. The number of carbonyl (C=O) groups excluding carboxylic acids is 2. The van der Waals surface area contributed by atoms with E-state index >= 15 is 0 Å². The van der Waals surface area contributed by atoms with Crippen molar-refractivity contribution < 1.29 is 14.3 Å². The second-order valence-corrected chi connectivity index (χ2v) is 5.20. The van der Waals surface area contributed by atoms with Crippen molar-refractivity contribution in [3.8, 4) is 5.75 Å². The molecule has 1 N–H and O–H groups in total. The lowest BCUT2D eigenvalue weighted by molar-refractivity contribution is -0.129. The maximum Gasteiger partial charge on any atom is 0.221 e. The summed E-state index contributed by atoms with van der Waals surface area (Å²) in [6.45, 7) is 5.31. The van der Waals surface area contributed by atoms with Crippen molar-refractivity contribution in [1.29, 1.82) is 0 Å². The fraction of sp³-hybridized carbons (Fsp3) is 0.529. The van der Waals surface area contributed by atoms with Gasteiger partial charge < -0.3 is 15.0 Å². The van der Waals surface area contributed by atoms with Crippen molar-refractivity contribution in [2.45, 2.75) is 33.1 Å². The molecule has 2 amide bonds. The highest BCUT2D eigenvalue weighted by molar-refractivity contribution is 5.77. The van der Waals surface area contributed by atoms with Crippen molar-refractivity contribution in [2.75, 3.05) is 26.7 Å². The van der Waals surface area contributed by atoms with Gasteiger partial charge in [-0.1, -0.05) is 19.1 Å². The molecule has 0 atom stereocenters. The molecule has 0 spiro atoms. The number of benzene rings is 1. The van der Waals surface area contributed by atoms with Gasteiger partial charge in [-0.15, -0.1) is 0 Å². The molecule has 0 unspecified atom stereocenters. The summed E-state index contributed by atoms with van der Waals surface area (Å²) in [5, 5.41) is 2.82. The quantitative estimate of drug-likeness (QED) is 0.759. The summed E-state index contributed by atoms with van der Waals surface area (Å²) >= 11 is 0. The number of hydrogen-bond donors (Lipinski definition) is 1. The second kappa shape index (κ2) is 9.82. The number of nitrogens with one attached hydrogen (secondary N) is 1. The van der Waals surface area contributed by atoms with Crippen LogP contribution in [0.3, 0.4) is 0 Å². The predicted molar refractivity (Wildman–Crippen MR) is 86.9 cm³/mol. The molecule has 1 aromatic carbocycles. The van der Waals surface area contributed by atoms with Crippen molar-refractivity contribution in [3.05, 3.63) is 29.8 Å². The van der Waals surface area contributed by atoms with Crippen LogP contribution in [-0.4, -0.2) is 43.5 Å². The molecule has 5 heteroatoms. The molecule has 0 aliphatic rings. The minimum atomic E-state index is -0.00296. The molecular formula is C17H26N2O3. The zero-order chi connectivity index (χ0) is 16.4. The molecule has 0 aromatic heterocycles. The van der Waals surface area contributed by atoms with Crippen molar-refractivity contribution in [2.24, 2.45) is 0 Å². The summed E-state index contributed by atoms with van der Waals surface area (Å²) in [5.41, 5.74) is 1.14. The molecule has 5 nitrogen and oxygen atoms in total. The third-order valence-corrected chi connectivity index (χ3v) is 3.46. The van der Waals surface area contributed by atoms with Crippen LogP contribution in [0.5, 0.6) is 5.75 Å². The third kappa shape index (κ3) is 6.61. The Morgan fingerprint density at radius 3 is 2.41 bits per heavy atom. The summed E-state index contributed by atoms with van der Waals surface area (Å²) in [7, 11) is 1.63. The van der Waals surface area contributed by atoms with Crippen LogP contribution in [0.4, 0.5) is 0 Å². The number of amides is 2. The number of nitrogens with zero attached hydrogens (tertiary/aromatic N) is 1. The molecule has 0 heterocycles. The topological polar surface area (TPSA) is 58.6 Å². The Labute approximate surface area is 132 Å². The van der Waals surface area contributed by atoms with Gasteiger partial charge in [0.05, 0.1) is 7.11 Å². The molecule has 22 heavy (non-hydrogen) atoms. The summed E-state index contributed by atoms with van der Waals surface area (Å²) in [4.78, 5) is 25.0. The summed E-state index contributed by atoms with van der Waals surface area (Å²) in [5.74, 6) is 0.814. The fourth-order valence-electron chi connectivity index (χ4n) is 2.07. The van der Waals surface area contributed by atoms with Crippen LogP contribution in [-0.2, 0) is 16.0 Å². The molecule has 1 rings (SSSR count). The first-order chi connectivity index (χ1) is 10.6. The first-order valence-electron chi connectivity index (χ1n) is 7.72. The van der Waals surface area contributed by atoms with E-state index in [1.807, 2.05) is 31.2 Å². The van der Waals surface area contributed by atoms with E-state index in [0.29, 0.717) is 26.1 Å². The summed E-state index contributed by atoms with van der Waals surface area (Å²) in [6.07, 6.45) is 2.03. The Kier molecular flexibility index (Phi) is 8.04. The van der Waals surface area contributed by atoms with Gasteiger partial charge in [0, 0.05) is 33.0 Å². The largest absolute Gasteiger partial charge is 0.497 e. The van der Waals surface area contributed by atoms with E-state index in [-0.39, 0.29) is 11.8 Å². The number of methoxy groups -OCH3 is 1. The van der Waals surface area contributed by atoms with E-state index in [2.05, 4.69) is 5.32 Å². The Morgan fingerprint density at radius 2 is 1.86 bits per heavy atom. The van der Waals surface area contributed by atoms with Crippen LogP contribution in [0.1, 0.15) is 32.3 Å². The van der Waals surface area contributed by atoms with Crippen LogP contribution in [0.15, 0.2) is 24.3 Å². The SMILES string of the molecule is CCCNC(=O)CCN(CCc1ccc(OC)cc1)C(C)=O. The van der Waals surface area contributed by atoms with Gasteiger partial charge in [-0.3, -0.25) is 9.59 Å². The van der Waals surface area contributed by atoms with E-state index in [9.17, 15) is 9.59 Å². The van der Waals surface area contributed by atoms with E-state index in [1.54, 1.807) is 12.0 Å². The second-order valence-electron chi connectivity index (χ2n) is 5.20. The van der Waals surface area contributed by atoms with Crippen molar-refractivity contribution >= 4 is 11.8 Å². The van der Waals surface area contributed by atoms with E-state index in [1.165, 1.54) is 6.92 Å². The van der Waals surface area contributed by atoms with E-state index < -0.39 is 0 Å². The first-order valence-corrected chi connectivity index (χ1v) is 7.72. The van der Waals surface area contributed by atoms with E-state index in [0.717, 1.165) is 24.2 Å². The summed E-state index contributed by atoms with van der Waals surface area (Å²) < 4.78 is 5.12.